The number of nitrogens with one attached hydrogen (secondary N) is 2. The van der Waals surface area contributed by atoms with Gasteiger partial charge in [0.25, 0.3) is 5.91 Å². The minimum Gasteiger partial charge on any atom is -0.466 e. The lowest BCUT2D eigenvalue weighted by Gasteiger charge is -2.33. The molecule has 2 saturated heterocycles. The Bertz CT molecular complexity index is 605. The summed E-state index contributed by atoms with van der Waals surface area (Å²) < 4.78 is 5.48. The van der Waals surface area contributed by atoms with E-state index in [2.05, 4.69) is 10.6 Å². The second-order valence-electron chi connectivity index (χ2n) is 6.98. The maximum absolute atomic E-state index is 12.7. The normalized spacial score (nSPS) is 24.2. The van der Waals surface area contributed by atoms with Gasteiger partial charge >= 0.3 is 0 Å². The van der Waals surface area contributed by atoms with Crippen molar-refractivity contribution in [2.45, 2.75) is 45.6 Å². The molecule has 2 aliphatic heterocycles. The SMILES string of the molecule is Cc1cc(C(=O)N2CCC[C@@H](CNC(=O)[C@H]3CCCN3)C2)c(C)o1. The monoisotopic (exact) mass is 333 g/mol. The maximum Gasteiger partial charge on any atom is 0.257 e. The zero-order valence-electron chi connectivity index (χ0n) is 14.6. The Morgan fingerprint density at radius 3 is 2.83 bits per heavy atom. The van der Waals surface area contributed by atoms with Crippen molar-refractivity contribution >= 4 is 11.8 Å². The third-order valence-electron chi connectivity index (χ3n) is 5.02. The molecule has 0 aliphatic carbocycles. The number of rotatable bonds is 4. The predicted molar refractivity (Wildman–Crippen MR) is 90.8 cm³/mol. The van der Waals surface area contributed by atoms with Crippen LogP contribution in [0.5, 0.6) is 0 Å². The molecule has 1 aromatic heterocycles. The molecule has 0 aromatic carbocycles. The highest BCUT2D eigenvalue weighted by molar-refractivity contribution is 5.95. The van der Waals surface area contributed by atoms with Gasteiger partial charge in [0.2, 0.25) is 5.91 Å². The Labute approximate surface area is 143 Å². The first-order chi connectivity index (χ1) is 11.5. The first-order valence-corrected chi connectivity index (χ1v) is 8.92. The van der Waals surface area contributed by atoms with Crippen molar-refractivity contribution in [3.8, 4) is 0 Å². The summed E-state index contributed by atoms with van der Waals surface area (Å²) in [6.45, 7) is 6.72. The van der Waals surface area contributed by atoms with E-state index in [1.54, 1.807) is 0 Å². The molecule has 2 fully saturated rings. The molecule has 3 rings (SSSR count). The molecule has 0 saturated carbocycles. The van der Waals surface area contributed by atoms with Crippen LogP contribution < -0.4 is 10.6 Å². The van der Waals surface area contributed by atoms with Crippen molar-refractivity contribution in [1.82, 2.24) is 15.5 Å². The van der Waals surface area contributed by atoms with E-state index in [0.717, 1.165) is 44.5 Å². The van der Waals surface area contributed by atoms with Crippen molar-refractivity contribution in [1.29, 1.82) is 0 Å². The molecule has 1 aromatic rings. The van der Waals surface area contributed by atoms with Crippen LogP contribution in [0, 0.1) is 19.8 Å². The molecule has 0 spiro atoms. The van der Waals surface area contributed by atoms with Gasteiger partial charge in [-0.3, -0.25) is 9.59 Å². The summed E-state index contributed by atoms with van der Waals surface area (Å²) in [6, 6.07) is 1.78. The van der Waals surface area contributed by atoms with Crippen LogP contribution in [-0.2, 0) is 4.79 Å². The molecule has 3 heterocycles. The highest BCUT2D eigenvalue weighted by atomic mass is 16.3. The molecule has 0 unspecified atom stereocenters. The number of hydrogen-bond acceptors (Lipinski definition) is 4. The molecule has 2 N–H and O–H groups in total. The van der Waals surface area contributed by atoms with Crippen LogP contribution in [0.2, 0.25) is 0 Å². The Balaban J connectivity index is 1.53. The second kappa shape index (κ2) is 7.38. The standard InChI is InChI=1S/C18H27N3O3/c1-12-9-15(13(2)24-12)18(23)21-8-4-5-14(11-21)10-20-17(22)16-6-3-7-19-16/h9,14,16,19H,3-8,10-11H2,1-2H3,(H,20,22)/t14-,16+/m0/s1. The van der Waals surface area contributed by atoms with Gasteiger partial charge in [0.05, 0.1) is 11.6 Å². The van der Waals surface area contributed by atoms with Crippen molar-refractivity contribution in [3.05, 3.63) is 23.2 Å². The Kier molecular flexibility index (Phi) is 5.23. The van der Waals surface area contributed by atoms with Gasteiger partial charge in [-0.05, 0) is 58.1 Å². The zero-order chi connectivity index (χ0) is 17.1. The van der Waals surface area contributed by atoms with E-state index < -0.39 is 0 Å². The van der Waals surface area contributed by atoms with E-state index in [1.165, 1.54) is 0 Å². The lowest BCUT2D eigenvalue weighted by Crippen LogP contribution is -2.46. The molecule has 2 atom stereocenters. The maximum atomic E-state index is 12.7. The van der Waals surface area contributed by atoms with Gasteiger partial charge in [-0.15, -0.1) is 0 Å². The van der Waals surface area contributed by atoms with E-state index in [9.17, 15) is 9.59 Å². The molecule has 6 nitrogen and oxygen atoms in total. The van der Waals surface area contributed by atoms with Gasteiger partial charge in [-0.25, -0.2) is 0 Å². The van der Waals surface area contributed by atoms with Gasteiger partial charge in [-0.1, -0.05) is 0 Å². The summed E-state index contributed by atoms with van der Waals surface area (Å²) in [7, 11) is 0. The van der Waals surface area contributed by atoms with Gasteiger partial charge in [0.15, 0.2) is 0 Å². The quantitative estimate of drug-likeness (QED) is 0.878. The molecule has 2 aliphatic rings. The fraction of sp³-hybridized carbons (Fsp3) is 0.667. The summed E-state index contributed by atoms with van der Waals surface area (Å²) in [5.41, 5.74) is 0.660. The van der Waals surface area contributed by atoms with Crippen LogP contribution in [0.3, 0.4) is 0 Å². The summed E-state index contributed by atoms with van der Waals surface area (Å²) in [5.74, 6) is 1.90. The Morgan fingerprint density at radius 1 is 1.33 bits per heavy atom. The number of nitrogens with zero attached hydrogens (tertiary/aromatic N) is 1. The lowest BCUT2D eigenvalue weighted by molar-refractivity contribution is -0.123. The number of amides is 2. The molecule has 6 heteroatoms. The van der Waals surface area contributed by atoms with Crippen molar-refractivity contribution < 1.29 is 14.0 Å². The van der Waals surface area contributed by atoms with Gasteiger partial charge in [-0.2, -0.15) is 0 Å². The number of piperidine rings is 1. The van der Waals surface area contributed by atoms with Gasteiger partial charge in [0, 0.05) is 19.6 Å². The fourth-order valence-corrected chi connectivity index (χ4v) is 3.71. The van der Waals surface area contributed by atoms with E-state index in [1.807, 2.05) is 24.8 Å². The van der Waals surface area contributed by atoms with Crippen LogP contribution in [-0.4, -0.2) is 48.9 Å². The van der Waals surface area contributed by atoms with Gasteiger partial charge < -0.3 is 20.0 Å². The zero-order valence-corrected chi connectivity index (χ0v) is 14.6. The Morgan fingerprint density at radius 2 is 2.17 bits per heavy atom. The van der Waals surface area contributed by atoms with Crippen LogP contribution in [0.15, 0.2) is 10.5 Å². The molecule has 0 radical (unpaired) electrons. The summed E-state index contributed by atoms with van der Waals surface area (Å²) >= 11 is 0. The average molecular weight is 333 g/mol. The predicted octanol–water partition coefficient (Wildman–Crippen LogP) is 1.62. The average Bonchev–Trinajstić information content (AvgIpc) is 3.22. The molecular weight excluding hydrogens is 306 g/mol. The number of hydrogen-bond donors (Lipinski definition) is 2. The largest absolute Gasteiger partial charge is 0.466 e. The Hall–Kier alpha value is -1.82. The van der Waals surface area contributed by atoms with Crippen molar-refractivity contribution in [3.63, 3.8) is 0 Å². The van der Waals surface area contributed by atoms with E-state index >= 15 is 0 Å². The highest BCUT2D eigenvalue weighted by Gasteiger charge is 2.28. The summed E-state index contributed by atoms with van der Waals surface area (Å²) in [6.07, 6.45) is 4.00. The molecule has 24 heavy (non-hydrogen) atoms. The lowest BCUT2D eigenvalue weighted by atomic mass is 9.97. The van der Waals surface area contributed by atoms with E-state index in [0.29, 0.717) is 30.3 Å². The van der Waals surface area contributed by atoms with Crippen LogP contribution >= 0.6 is 0 Å². The van der Waals surface area contributed by atoms with Crippen LogP contribution in [0.25, 0.3) is 0 Å². The molecular formula is C18H27N3O3. The number of likely N-dealkylation sites (tertiary alicyclic amines) is 1. The molecule has 0 bridgehead atoms. The smallest absolute Gasteiger partial charge is 0.257 e. The first-order valence-electron chi connectivity index (χ1n) is 8.92. The second-order valence-corrected chi connectivity index (χ2v) is 6.98. The molecule has 2 amide bonds. The topological polar surface area (TPSA) is 74.6 Å². The van der Waals surface area contributed by atoms with E-state index in [4.69, 9.17) is 4.42 Å². The number of aryl methyl sites for hydroxylation is 2. The number of furan rings is 1. The summed E-state index contributed by atoms with van der Waals surface area (Å²) in [4.78, 5) is 26.7. The van der Waals surface area contributed by atoms with Crippen molar-refractivity contribution in [2.24, 2.45) is 5.92 Å². The molecule has 132 valence electrons. The minimum atomic E-state index is -0.0390. The third kappa shape index (κ3) is 3.80. The minimum absolute atomic E-state index is 0.0390. The van der Waals surface area contributed by atoms with Crippen LogP contribution in [0.1, 0.15) is 47.6 Å². The van der Waals surface area contributed by atoms with E-state index in [-0.39, 0.29) is 17.9 Å². The third-order valence-corrected chi connectivity index (χ3v) is 5.02. The summed E-state index contributed by atoms with van der Waals surface area (Å²) in [5, 5.41) is 6.27. The van der Waals surface area contributed by atoms with Gasteiger partial charge in [0.1, 0.15) is 11.5 Å². The number of carbonyl (C=O) groups excluding carboxylic acids is 2. The van der Waals surface area contributed by atoms with Crippen molar-refractivity contribution in [2.75, 3.05) is 26.2 Å². The first kappa shape index (κ1) is 17.0. The number of carbonyl (C=O) groups is 2. The van der Waals surface area contributed by atoms with Crippen LogP contribution in [0.4, 0.5) is 0 Å². The highest BCUT2D eigenvalue weighted by Crippen LogP contribution is 2.21. The fourth-order valence-electron chi connectivity index (χ4n) is 3.71.